The number of hydrogen-bond acceptors (Lipinski definition) is 1. The van der Waals surface area contributed by atoms with Crippen LogP contribution in [0.5, 0.6) is 0 Å². The van der Waals surface area contributed by atoms with Crippen LogP contribution in [0, 0.1) is 5.92 Å². The predicted octanol–water partition coefficient (Wildman–Crippen LogP) is 3.23. The molecule has 0 saturated carbocycles. The van der Waals surface area contributed by atoms with E-state index in [-0.39, 0.29) is 5.92 Å². The quantitative estimate of drug-likeness (QED) is 0.464. The molecule has 0 aliphatic heterocycles. The standard InChI is InChI=1S/C11H20O2/c1-3-5-6-7-8-9-10(4-2)11(12)13/h4,10H,2-3,5-9H2,1H3,(H,12,13). The molecule has 0 aromatic heterocycles. The first-order chi connectivity index (χ1) is 6.22. The Morgan fingerprint density at radius 1 is 1.38 bits per heavy atom. The van der Waals surface area contributed by atoms with E-state index in [0.29, 0.717) is 0 Å². The Balaban J connectivity index is 3.39. The first-order valence-electron chi connectivity index (χ1n) is 5.07. The highest BCUT2D eigenvalue weighted by atomic mass is 16.4. The molecule has 0 heterocycles. The highest BCUT2D eigenvalue weighted by Gasteiger charge is 2.11. The van der Waals surface area contributed by atoms with Crippen LogP contribution >= 0.6 is 0 Å². The predicted molar refractivity (Wildman–Crippen MR) is 54.7 cm³/mol. The van der Waals surface area contributed by atoms with Gasteiger partial charge in [-0.25, -0.2) is 0 Å². The van der Waals surface area contributed by atoms with Crippen LogP contribution < -0.4 is 0 Å². The van der Waals surface area contributed by atoms with E-state index in [1.807, 2.05) is 0 Å². The molecule has 0 radical (unpaired) electrons. The van der Waals surface area contributed by atoms with Gasteiger partial charge in [-0.2, -0.15) is 0 Å². The van der Waals surface area contributed by atoms with Crippen LogP contribution in [0.25, 0.3) is 0 Å². The summed E-state index contributed by atoms with van der Waals surface area (Å²) in [7, 11) is 0. The molecule has 1 atom stereocenters. The summed E-state index contributed by atoms with van der Waals surface area (Å²) < 4.78 is 0. The van der Waals surface area contributed by atoms with E-state index >= 15 is 0 Å². The molecule has 1 unspecified atom stereocenters. The van der Waals surface area contributed by atoms with Gasteiger partial charge in [-0.05, 0) is 6.42 Å². The van der Waals surface area contributed by atoms with Crippen molar-refractivity contribution in [3.8, 4) is 0 Å². The maximum absolute atomic E-state index is 10.6. The molecule has 0 saturated heterocycles. The second-order valence-electron chi connectivity index (χ2n) is 3.38. The lowest BCUT2D eigenvalue weighted by Gasteiger charge is -2.05. The summed E-state index contributed by atoms with van der Waals surface area (Å²) >= 11 is 0. The fraction of sp³-hybridized carbons (Fsp3) is 0.727. The number of carboxylic acid groups (broad SMARTS) is 1. The molecule has 2 nitrogen and oxygen atoms in total. The number of aliphatic carboxylic acids is 1. The van der Waals surface area contributed by atoms with E-state index in [4.69, 9.17) is 5.11 Å². The molecule has 0 amide bonds. The van der Waals surface area contributed by atoms with Gasteiger partial charge in [0.2, 0.25) is 0 Å². The zero-order valence-electron chi connectivity index (χ0n) is 8.46. The number of carbonyl (C=O) groups is 1. The summed E-state index contributed by atoms with van der Waals surface area (Å²) in [4.78, 5) is 10.6. The van der Waals surface area contributed by atoms with Crippen molar-refractivity contribution in [2.45, 2.75) is 45.4 Å². The zero-order valence-corrected chi connectivity index (χ0v) is 8.46. The molecular weight excluding hydrogens is 164 g/mol. The summed E-state index contributed by atoms with van der Waals surface area (Å²) in [6, 6.07) is 0. The number of hydrogen-bond donors (Lipinski definition) is 1. The fourth-order valence-electron chi connectivity index (χ4n) is 1.31. The molecule has 0 rings (SSSR count). The van der Waals surface area contributed by atoms with Crippen molar-refractivity contribution in [2.75, 3.05) is 0 Å². The second kappa shape index (κ2) is 7.84. The van der Waals surface area contributed by atoms with E-state index in [1.54, 1.807) is 0 Å². The largest absolute Gasteiger partial charge is 0.481 e. The highest BCUT2D eigenvalue weighted by Crippen LogP contribution is 2.12. The van der Waals surface area contributed by atoms with Crippen molar-refractivity contribution >= 4 is 5.97 Å². The molecule has 0 spiro atoms. The Kier molecular flexibility index (Phi) is 7.36. The molecule has 13 heavy (non-hydrogen) atoms. The van der Waals surface area contributed by atoms with Gasteiger partial charge in [0.05, 0.1) is 5.92 Å². The van der Waals surface area contributed by atoms with Crippen molar-refractivity contribution < 1.29 is 9.90 Å². The lowest BCUT2D eigenvalue weighted by atomic mass is 10.0. The minimum atomic E-state index is -0.745. The Bertz CT molecular complexity index is 152. The van der Waals surface area contributed by atoms with Crippen LogP contribution in [0.4, 0.5) is 0 Å². The van der Waals surface area contributed by atoms with Gasteiger partial charge in [-0.1, -0.05) is 45.1 Å². The number of rotatable bonds is 8. The summed E-state index contributed by atoms with van der Waals surface area (Å²) in [5.41, 5.74) is 0. The third kappa shape index (κ3) is 6.38. The summed E-state index contributed by atoms with van der Waals surface area (Å²) in [6.45, 7) is 5.69. The second-order valence-corrected chi connectivity index (χ2v) is 3.38. The maximum atomic E-state index is 10.6. The van der Waals surface area contributed by atoms with Crippen molar-refractivity contribution in [1.29, 1.82) is 0 Å². The van der Waals surface area contributed by atoms with Gasteiger partial charge in [-0.3, -0.25) is 4.79 Å². The van der Waals surface area contributed by atoms with Gasteiger partial charge in [0, 0.05) is 0 Å². The van der Waals surface area contributed by atoms with Crippen LogP contribution in [0.1, 0.15) is 45.4 Å². The molecule has 0 aliphatic rings. The minimum Gasteiger partial charge on any atom is -0.481 e. The Hall–Kier alpha value is -0.790. The van der Waals surface area contributed by atoms with Gasteiger partial charge in [-0.15, -0.1) is 6.58 Å². The molecule has 0 aromatic carbocycles. The zero-order chi connectivity index (χ0) is 10.1. The monoisotopic (exact) mass is 184 g/mol. The van der Waals surface area contributed by atoms with E-state index in [2.05, 4.69) is 13.5 Å². The smallest absolute Gasteiger partial charge is 0.310 e. The Morgan fingerprint density at radius 3 is 2.46 bits per heavy atom. The van der Waals surface area contributed by atoms with Crippen LogP contribution in [-0.2, 0) is 4.79 Å². The van der Waals surface area contributed by atoms with Gasteiger partial charge < -0.3 is 5.11 Å². The number of unbranched alkanes of at least 4 members (excludes halogenated alkanes) is 4. The van der Waals surface area contributed by atoms with Crippen LogP contribution in [-0.4, -0.2) is 11.1 Å². The van der Waals surface area contributed by atoms with E-state index in [0.717, 1.165) is 19.3 Å². The number of carboxylic acids is 1. The average Bonchev–Trinajstić information content (AvgIpc) is 2.10. The third-order valence-electron chi connectivity index (χ3n) is 2.22. The van der Waals surface area contributed by atoms with Crippen molar-refractivity contribution in [3.63, 3.8) is 0 Å². The molecule has 0 aromatic rings. The van der Waals surface area contributed by atoms with Crippen molar-refractivity contribution in [2.24, 2.45) is 5.92 Å². The molecular formula is C11H20O2. The van der Waals surface area contributed by atoms with Crippen molar-refractivity contribution in [1.82, 2.24) is 0 Å². The molecule has 2 heteroatoms. The van der Waals surface area contributed by atoms with Crippen LogP contribution in [0.15, 0.2) is 12.7 Å². The topological polar surface area (TPSA) is 37.3 Å². The fourth-order valence-corrected chi connectivity index (χ4v) is 1.31. The van der Waals surface area contributed by atoms with Crippen molar-refractivity contribution in [3.05, 3.63) is 12.7 Å². The average molecular weight is 184 g/mol. The highest BCUT2D eigenvalue weighted by molar-refractivity contribution is 5.71. The maximum Gasteiger partial charge on any atom is 0.310 e. The summed E-state index contributed by atoms with van der Waals surface area (Å²) in [6.07, 6.45) is 8.12. The van der Waals surface area contributed by atoms with Gasteiger partial charge in [0.1, 0.15) is 0 Å². The lowest BCUT2D eigenvalue weighted by molar-refractivity contribution is -0.140. The van der Waals surface area contributed by atoms with Crippen LogP contribution in [0.2, 0.25) is 0 Å². The minimum absolute atomic E-state index is 0.346. The van der Waals surface area contributed by atoms with Gasteiger partial charge in [0.15, 0.2) is 0 Å². The molecule has 0 bridgehead atoms. The van der Waals surface area contributed by atoms with Gasteiger partial charge >= 0.3 is 5.97 Å². The third-order valence-corrected chi connectivity index (χ3v) is 2.22. The van der Waals surface area contributed by atoms with E-state index < -0.39 is 5.97 Å². The Morgan fingerprint density at radius 2 is 2.00 bits per heavy atom. The molecule has 76 valence electrons. The SMILES string of the molecule is C=CC(CCCCCCC)C(=O)O. The van der Waals surface area contributed by atoms with E-state index in [1.165, 1.54) is 25.3 Å². The molecule has 0 fully saturated rings. The summed E-state index contributed by atoms with van der Waals surface area (Å²) in [5, 5.41) is 8.70. The molecule has 0 aliphatic carbocycles. The lowest BCUT2D eigenvalue weighted by Crippen LogP contribution is -2.10. The Labute approximate surface area is 80.7 Å². The first-order valence-corrected chi connectivity index (χ1v) is 5.07. The summed E-state index contributed by atoms with van der Waals surface area (Å²) in [5.74, 6) is -1.09. The first kappa shape index (κ1) is 12.2. The molecule has 1 N–H and O–H groups in total. The normalized spacial score (nSPS) is 12.4. The van der Waals surface area contributed by atoms with Crippen LogP contribution in [0.3, 0.4) is 0 Å². The van der Waals surface area contributed by atoms with E-state index in [9.17, 15) is 4.79 Å². The van der Waals surface area contributed by atoms with Gasteiger partial charge in [0.25, 0.3) is 0 Å².